The van der Waals surface area contributed by atoms with Gasteiger partial charge < -0.3 is 30.5 Å². The van der Waals surface area contributed by atoms with Gasteiger partial charge in [-0.05, 0) is 61.1 Å². The first-order chi connectivity index (χ1) is 24.0. The molecule has 3 aromatic rings. The van der Waals surface area contributed by atoms with Gasteiger partial charge in [-0.1, -0.05) is 29.8 Å². The standard InChI is InChI=1S/C33H39F3N8O5S/c1-43-10-12-44(13-11-43)31(47)26(40-29(45)27-19-38-42-50-27)15-20-8-9-25(24(34)14-20)39-30(46)28(21-6-4-3-5-7-21)41-32(48)33(35,36)22-16-23(49-2)18-37-17-22/h8-9,14,16-19,21,26,28H,3-7,10-13,15H2,1-2H3,(H,39,46)(H,40,45)(H,41,48)/t26-,28+/m1/s1. The van der Waals surface area contributed by atoms with Crippen molar-refractivity contribution in [2.75, 3.05) is 45.7 Å². The number of carbonyl (C=O) groups excluding carboxylic acids is 4. The lowest BCUT2D eigenvalue weighted by molar-refractivity contribution is -0.149. The fraction of sp³-hybridized carbons (Fsp3) is 0.485. The van der Waals surface area contributed by atoms with Gasteiger partial charge in [0.05, 0.1) is 30.8 Å². The molecule has 1 aliphatic carbocycles. The number of anilines is 1. The Hall–Kier alpha value is -4.64. The number of hydrogen-bond donors (Lipinski definition) is 3. The summed E-state index contributed by atoms with van der Waals surface area (Å²) in [6.45, 7) is 2.24. The molecular weight excluding hydrogens is 677 g/mol. The maximum absolute atomic E-state index is 15.6. The van der Waals surface area contributed by atoms with E-state index in [1.165, 1.54) is 31.6 Å². The Bertz CT molecular complexity index is 1670. The lowest BCUT2D eigenvalue weighted by Gasteiger charge is -2.34. The Kier molecular flexibility index (Phi) is 12.0. The number of amides is 4. The molecule has 0 bridgehead atoms. The molecule has 0 unspecified atom stereocenters. The van der Waals surface area contributed by atoms with Gasteiger partial charge in [-0.2, -0.15) is 8.78 Å². The van der Waals surface area contributed by atoms with E-state index in [2.05, 4.69) is 35.4 Å². The van der Waals surface area contributed by atoms with E-state index in [1.807, 2.05) is 7.05 Å². The van der Waals surface area contributed by atoms with Crippen molar-refractivity contribution in [3.63, 3.8) is 0 Å². The number of nitrogens with zero attached hydrogens (tertiary/aromatic N) is 5. The van der Waals surface area contributed by atoms with E-state index < -0.39 is 53.0 Å². The van der Waals surface area contributed by atoms with Gasteiger partial charge in [0.15, 0.2) is 0 Å². The summed E-state index contributed by atoms with van der Waals surface area (Å²) in [5, 5.41) is 11.1. The van der Waals surface area contributed by atoms with Crippen molar-refractivity contribution in [3.8, 4) is 5.75 Å². The van der Waals surface area contributed by atoms with Crippen LogP contribution in [0.3, 0.4) is 0 Å². The third-order valence-corrected chi connectivity index (χ3v) is 9.68. The summed E-state index contributed by atoms with van der Waals surface area (Å²) in [5.41, 5.74) is -0.582. The molecule has 1 saturated heterocycles. The first-order valence-electron chi connectivity index (χ1n) is 16.3. The molecule has 2 aromatic heterocycles. The fourth-order valence-corrected chi connectivity index (χ4v) is 6.53. The predicted octanol–water partition coefficient (Wildman–Crippen LogP) is 2.99. The lowest BCUT2D eigenvalue weighted by atomic mass is 9.83. The maximum atomic E-state index is 15.6. The van der Waals surface area contributed by atoms with Crippen LogP contribution in [0, 0.1) is 11.7 Å². The van der Waals surface area contributed by atoms with Crippen molar-refractivity contribution in [1.29, 1.82) is 0 Å². The monoisotopic (exact) mass is 716 g/mol. The number of pyridine rings is 1. The van der Waals surface area contributed by atoms with Crippen molar-refractivity contribution in [2.45, 2.75) is 56.5 Å². The van der Waals surface area contributed by atoms with Gasteiger partial charge in [-0.3, -0.25) is 24.2 Å². The van der Waals surface area contributed by atoms with Crippen LogP contribution in [0.2, 0.25) is 0 Å². The molecule has 3 heterocycles. The molecule has 2 aliphatic rings. The second kappa shape index (κ2) is 16.4. The molecule has 4 amide bonds. The zero-order valence-electron chi connectivity index (χ0n) is 27.7. The van der Waals surface area contributed by atoms with Crippen LogP contribution in [0.25, 0.3) is 0 Å². The summed E-state index contributed by atoms with van der Waals surface area (Å²) < 4.78 is 54.8. The molecule has 268 valence electrons. The van der Waals surface area contributed by atoms with Crippen LogP contribution in [0.5, 0.6) is 5.75 Å². The largest absolute Gasteiger partial charge is 0.495 e. The second-order valence-corrected chi connectivity index (χ2v) is 13.3. The highest BCUT2D eigenvalue weighted by Crippen LogP contribution is 2.32. The Morgan fingerprint density at radius 1 is 1.02 bits per heavy atom. The normalized spacial score (nSPS) is 17.0. The van der Waals surface area contributed by atoms with Crippen molar-refractivity contribution in [1.82, 2.24) is 35.0 Å². The van der Waals surface area contributed by atoms with Crippen LogP contribution in [0.15, 0.2) is 42.9 Å². The van der Waals surface area contributed by atoms with Gasteiger partial charge in [0.1, 0.15) is 28.5 Å². The number of methoxy groups -OCH3 is 1. The van der Waals surface area contributed by atoms with Gasteiger partial charge in [-0.15, -0.1) is 5.10 Å². The van der Waals surface area contributed by atoms with Crippen molar-refractivity contribution in [3.05, 3.63) is 64.7 Å². The minimum Gasteiger partial charge on any atom is -0.495 e. The molecule has 5 rings (SSSR count). The van der Waals surface area contributed by atoms with Crippen molar-refractivity contribution >= 4 is 40.8 Å². The Labute approximate surface area is 291 Å². The molecule has 0 spiro atoms. The summed E-state index contributed by atoms with van der Waals surface area (Å²) in [6.07, 6.45) is 6.72. The van der Waals surface area contributed by atoms with Crippen LogP contribution in [0.4, 0.5) is 18.9 Å². The average Bonchev–Trinajstić information content (AvgIpc) is 3.67. The fourth-order valence-electron chi connectivity index (χ4n) is 6.11. The highest BCUT2D eigenvalue weighted by molar-refractivity contribution is 7.07. The molecule has 1 saturated carbocycles. The molecule has 13 nitrogen and oxygen atoms in total. The predicted molar refractivity (Wildman–Crippen MR) is 177 cm³/mol. The van der Waals surface area contributed by atoms with Crippen LogP contribution >= 0.6 is 11.5 Å². The summed E-state index contributed by atoms with van der Waals surface area (Å²) in [5.74, 6) is -8.70. The molecule has 0 radical (unpaired) electrons. The van der Waals surface area contributed by atoms with E-state index in [0.717, 1.165) is 49.1 Å². The SMILES string of the molecule is COc1cncc(C(F)(F)C(=O)N[C@H](C(=O)Nc2ccc(C[C@@H](NC(=O)c3cnns3)C(=O)N3CCN(C)CC3)cc2F)C2CCCCC2)c1. The Morgan fingerprint density at radius 2 is 1.76 bits per heavy atom. The topological polar surface area (TPSA) is 159 Å². The van der Waals surface area contributed by atoms with Gasteiger partial charge in [-0.25, -0.2) is 4.39 Å². The molecule has 3 N–H and O–H groups in total. The quantitative estimate of drug-likeness (QED) is 0.256. The number of rotatable bonds is 12. The maximum Gasteiger partial charge on any atom is 0.351 e. The minimum atomic E-state index is -4.04. The Balaban J connectivity index is 1.31. The van der Waals surface area contributed by atoms with Crippen molar-refractivity contribution < 1.29 is 37.1 Å². The molecular formula is C33H39F3N8O5S. The molecule has 1 aromatic carbocycles. The van der Waals surface area contributed by atoms with E-state index >= 15 is 13.2 Å². The number of aromatic nitrogens is 3. The first-order valence-corrected chi connectivity index (χ1v) is 17.1. The van der Waals surface area contributed by atoms with E-state index in [-0.39, 0.29) is 28.6 Å². The molecule has 2 atom stereocenters. The number of nitrogens with one attached hydrogen (secondary N) is 3. The van der Waals surface area contributed by atoms with E-state index in [9.17, 15) is 19.2 Å². The van der Waals surface area contributed by atoms with Crippen LogP contribution < -0.4 is 20.7 Å². The zero-order valence-corrected chi connectivity index (χ0v) is 28.5. The van der Waals surface area contributed by atoms with Gasteiger partial charge in [0.25, 0.3) is 11.8 Å². The minimum absolute atomic E-state index is 0.0324. The number of halogens is 3. The summed E-state index contributed by atoms with van der Waals surface area (Å²) >= 11 is 0.874. The van der Waals surface area contributed by atoms with E-state index in [0.29, 0.717) is 44.6 Å². The first kappa shape index (κ1) is 36.6. The molecule has 17 heteroatoms. The van der Waals surface area contributed by atoms with Gasteiger partial charge in [0, 0.05) is 38.8 Å². The average molecular weight is 717 g/mol. The van der Waals surface area contributed by atoms with E-state index in [4.69, 9.17) is 4.74 Å². The molecule has 2 fully saturated rings. The third-order valence-electron chi connectivity index (χ3n) is 9.02. The summed E-state index contributed by atoms with van der Waals surface area (Å²) in [4.78, 5) is 60.6. The zero-order chi connectivity index (χ0) is 35.8. The smallest absolute Gasteiger partial charge is 0.351 e. The number of ether oxygens (including phenoxy) is 1. The number of alkyl halides is 2. The van der Waals surface area contributed by atoms with Gasteiger partial charge in [0.2, 0.25) is 11.8 Å². The van der Waals surface area contributed by atoms with E-state index in [1.54, 1.807) is 4.90 Å². The third kappa shape index (κ3) is 8.93. The Morgan fingerprint density at radius 3 is 2.42 bits per heavy atom. The number of carbonyl (C=O) groups is 4. The number of piperazine rings is 1. The van der Waals surface area contributed by atoms with Crippen LogP contribution in [0.1, 0.15) is 52.9 Å². The highest BCUT2D eigenvalue weighted by atomic mass is 32.1. The summed E-state index contributed by atoms with van der Waals surface area (Å²) in [6, 6.07) is 2.53. The number of benzene rings is 1. The van der Waals surface area contributed by atoms with Crippen molar-refractivity contribution in [2.24, 2.45) is 5.92 Å². The lowest BCUT2D eigenvalue weighted by Crippen LogP contribution is -2.55. The van der Waals surface area contributed by atoms with Crippen LogP contribution in [-0.4, -0.2) is 100 Å². The summed E-state index contributed by atoms with van der Waals surface area (Å²) in [7, 11) is 3.22. The molecule has 1 aliphatic heterocycles. The number of likely N-dealkylation sites (N-methyl/N-ethyl adjacent to an activating group) is 1. The second-order valence-electron chi connectivity index (χ2n) is 12.5. The van der Waals surface area contributed by atoms with Gasteiger partial charge >= 0.3 is 5.92 Å². The molecule has 50 heavy (non-hydrogen) atoms. The highest BCUT2D eigenvalue weighted by Gasteiger charge is 2.44. The number of hydrogen-bond acceptors (Lipinski definition) is 10. The van der Waals surface area contributed by atoms with Crippen LogP contribution in [-0.2, 0) is 26.7 Å².